The van der Waals surface area contributed by atoms with Crippen molar-refractivity contribution >= 4 is 0 Å². The molecule has 24 heavy (non-hydrogen) atoms. The summed E-state index contributed by atoms with van der Waals surface area (Å²) in [6.45, 7) is 2.46. The molecule has 1 aromatic rings. The van der Waals surface area contributed by atoms with E-state index in [1.807, 2.05) is 0 Å². The van der Waals surface area contributed by atoms with E-state index < -0.39 is 0 Å². The van der Waals surface area contributed by atoms with Crippen LogP contribution in [0.3, 0.4) is 0 Å². The fourth-order valence-electron chi connectivity index (χ4n) is 7.20. The van der Waals surface area contributed by atoms with Gasteiger partial charge in [0.15, 0.2) is 0 Å². The van der Waals surface area contributed by atoms with Crippen molar-refractivity contribution in [2.45, 2.75) is 88.6 Å². The van der Waals surface area contributed by atoms with Crippen LogP contribution >= 0.6 is 0 Å². The lowest BCUT2D eigenvalue weighted by Gasteiger charge is -2.56. The van der Waals surface area contributed by atoms with Gasteiger partial charge >= 0.3 is 0 Å². The Labute approximate surface area is 147 Å². The van der Waals surface area contributed by atoms with Crippen molar-refractivity contribution in [1.29, 1.82) is 0 Å². The Hall–Kier alpha value is -0.820. The molecule has 0 spiro atoms. The van der Waals surface area contributed by atoms with E-state index in [0.29, 0.717) is 5.41 Å². The molecule has 2 saturated carbocycles. The monoisotopic (exact) mass is 323 g/mol. The largest absolute Gasteiger partial charge is 0.300 e. The summed E-state index contributed by atoms with van der Waals surface area (Å²) >= 11 is 0. The minimum absolute atomic E-state index is 0.636. The third-order valence-electron chi connectivity index (χ3n) is 8.62. The predicted octanol–water partition coefficient (Wildman–Crippen LogP) is 5.71. The third kappa shape index (κ3) is 1.97. The maximum Gasteiger partial charge on any atom is 0.0238 e. The molecule has 1 nitrogen and oxygen atoms in total. The van der Waals surface area contributed by atoms with Crippen LogP contribution in [0.25, 0.3) is 0 Å². The number of hydrogen-bond donors (Lipinski definition) is 0. The Morgan fingerprint density at radius 3 is 2.29 bits per heavy atom. The second-order valence-corrected chi connectivity index (χ2v) is 9.36. The first-order valence-corrected chi connectivity index (χ1v) is 10.5. The zero-order valence-electron chi connectivity index (χ0n) is 15.5. The quantitative estimate of drug-likeness (QED) is 0.673. The minimum Gasteiger partial charge on any atom is -0.300 e. The molecule has 0 bridgehead atoms. The normalized spacial score (nSPS) is 38.6. The highest BCUT2D eigenvalue weighted by Crippen LogP contribution is 2.66. The number of hydrogen-bond acceptors (Lipinski definition) is 1. The lowest BCUT2D eigenvalue weighted by Crippen LogP contribution is -2.53. The molecule has 0 radical (unpaired) electrons. The van der Waals surface area contributed by atoms with Crippen LogP contribution in [-0.4, -0.2) is 24.0 Å². The Kier molecular flexibility index (Phi) is 3.60. The summed E-state index contributed by atoms with van der Waals surface area (Å²) in [6, 6.07) is 11.1. The average Bonchev–Trinajstić information content (AvgIpc) is 3.18. The first-order chi connectivity index (χ1) is 11.7. The molecule has 4 atom stereocenters. The molecule has 1 saturated heterocycles. The summed E-state index contributed by atoms with van der Waals surface area (Å²) in [5.74, 6) is 2.61. The van der Waals surface area contributed by atoms with Gasteiger partial charge in [-0.15, -0.1) is 0 Å². The van der Waals surface area contributed by atoms with Gasteiger partial charge in [0.1, 0.15) is 0 Å². The minimum atomic E-state index is 0.636. The summed E-state index contributed by atoms with van der Waals surface area (Å²) in [6.07, 6.45) is 13.3. The number of piperidine rings is 1. The van der Waals surface area contributed by atoms with Crippen molar-refractivity contribution in [2.24, 2.45) is 11.3 Å². The van der Waals surface area contributed by atoms with E-state index in [9.17, 15) is 0 Å². The topological polar surface area (TPSA) is 3.24 Å². The van der Waals surface area contributed by atoms with Crippen molar-refractivity contribution in [3.63, 3.8) is 0 Å². The van der Waals surface area contributed by atoms with Crippen LogP contribution < -0.4 is 0 Å². The molecule has 1 aliphatic heterocycles. The van der Waals surface area contributed by atoms with Gasteiger partial charge in [-0.2, -0.15) is 0 Å². The van der Waals surface area contributed by atoms with Crippen LogP contribution in [-0.2, 0) is 0 Å². The van der Waals surface area contributed by atoms with Gasteiger partial charge in [-0.1, -0.05) is 43.5 Å². The number of rotatable bonds is 2. The molecule has 1 heteroatoms. The zero-order chi connectivity index (χ0) is 16.3. The Balaban J connectivity index is 1.62. The number of likely N-dealkylation sites (N-methyl/N-ethyl adjacent to an activating group) is 1. The molecule has 3 aliphatic carbocycles. The second-order valence-electron chi connectivity index (χ2n) is 9.36. The lowest BCUT2D eigenvalue weighted by atomic mass is 9.51. The van der Waals surface area contributed by atoms with E-state index in [1.54, 1.807) is 11.1 Å². The summed E-state index contributed by atoms with van der Waals surface area (Å²) in [5.41, 5.74) is 4.10. The molecule has 3 fully saturated rings. The van der Waals surface area contributed by atoms with Crippen molar-refractivity contribution in [3.05, 3.63) is 35.4 Å². The molecular weight excluding hydrogens is 290 g/mol. The average molecular weight is 324 g/mol. The SMILES string of the molecule is CC1CCC2c3ccccc3C(C3(C4CCCC4)CCC3)C2N1C. The van der Waals surface area contributed by atoms with Crippen molar-refractivity contribution in [3.8, 4) is 0 Å². The van der Waals surface area contributed by atoms with E-state index in [2.05, 4.69) is 43.1 Å². The fraction of sp³-hybridized carbons (Fsp3) is 0.739. The van der Waals surface area contributed by atoms with E-state index in [4.69, 9.17) is 0 Å². The van der Waals surface area contributed by atoms with E-state index in [1.165, 1.54) is 57.8 Å². The van der Waals surface area contributed by atoms with Crippen LogP contribution in [0.4, 0.5) is 0 Å². The van der Waals surface area contributed by atoms with Gasteiger partial charge in [0.25, 0.3) is 0 Å². The van der Waals surface area contributed by atoms with Gasteiger partial charge in [0, 0.05) is 23.9 Å². The van der Waals surface area contributed by atoms with Gasteiger partial charge in [-0.3, -0.25) is 4.90 Å². The summed E-state index contributed by atoms with van der Waals surface area (Å²) < 4.78 is 0. The number of nitrogens with zero attached hydrogens (tertiary/aromatic N) is 1. The molecule has 5 rings (SSSR count). The smallest absolute Gasteiger partial charge is 0.0238 e. The Morgan fingerprint density at radius 1 is 0.917 bits per heavy atom. The molecule has 4 unspecified atom stereocenters. The third-order valence-corrected chi connectivity index (χ3v) is 8.62. The van der Waals surface area contributed by atoms with E-state index in [0.717, 1.165) is 29.8 Å². The molecular formula is C23H33N. The molecule has 1 aromatic carbocycles. The van der Waals surface area contributed by atoms with E-state index >= 15 is 0 Å². The summed E-state index contributed by atoms with van der Waals surface area (Å²) in [5, 5.41) is 0. The predicted molar refractivity (Wildman–Crippen MR) is 100 cm³/mol. The zero-order valence-corrected chi connectivity index (χ0v) is 15.5. The van der Waals surface area contributed by atoms with Crippen LogP contribution in [0.15, 0.2) is 24.3 Å². The van der Waals surface area contributed by atoms with Gasteiger partial charge < -0.3 is 0 Å². The van der Waals surface area contributed by atoms with Crippen molar-refractivity contribution in [2.75, 3.05) is 7.05 Å². The Morgan fingerprint density at radius 2 is 1.62 bits per heavy atom. The van der Waals surface area contributed by atoms with Gasteiger partial charge in [0.05, 0.1) is 0 Å². The maximum atomic E-state index is 2.79. The van der Waals surface area contributed by atoms with Gasteiger partial charge in [0.2, 0.25) is 0 Å². The number of fused-ring (bicyclic) bond motifs is 3. The van der Waals surface area contributed by atoms with Crippen LogP contribution in [0.2, 0.25) is 0 Å². The fourth-order valence-corrected chi connectivity index (χ4v) is 7.20. The highest BCUT2D eigenvalue weighted by molar-refractivity contribution is 5.44. The highest BCUT2D eigenvalue weighted by atomic mass is 15.2. The molecule has 0 N–H and O–H groups in total. The van der Waals surface area contributed by atoms with Crippen LogP contribution in [0, 0.1) is 11.3 Å². The Bertz CT molecular complexity index is 610. The standard InChI is InChI=1S/C23H33N/c1-16-12-13-20-18-10-5-6-11-19(18)21(22(20)24(16)2)23(14-7-15-23)17-8-3-4-9-17/h5-6,10-11,16-17,20-22H,3-4,7-9,12-15H2,1-2H3. The van der Waals surface area contributed by atoms with E-state index in [-0.39, 0.29) is 0 Å². The summed E-state index contributed by atoms with van der Waals surface area (Å²) in [4.78, 5) is 2.79. The number of benzene rings is 1. The van der Waals surface area contributed by atoms with Crippen molar-refractivity contribution in [1.82, 2.24) is 4.90 Å². The molecule has 4 aliphatic rings. The first-order valence-electron chi connectivity index (χ1n) is 10.5. The van der Waals surface area contributed by atoms with Crippen molar-refractivity contribution < 1.29 is 0 Å². The molecule has 0 amide bonds. The van der Waals surface area contributed by atoms with Gasteiger partial charge in [-0.25, -0.2) is 0 Å². The highest BCUT2D eigenvalue weighted by Gasteiger charge is 2.58. The second kappa shape index (κ2) is 5.59. The lowest BCUT2D eigenvalue weighted by molar-refractivity contribution is -0.0314. The van der Waals surface area contributed by atoms with Crippen LogP contribution in [0.1, 0.15) is 87.7 Å². The first kappa shape index (κ1) is 15.4. The van der Waals surface area contributed by atoms with Gasteiger partial charge in [-0.05, 0) is 75.0 Å². The molecule has 0 aromatic heterocycles. The molecule has 1 heterocycles. The summed E-state index contributed by atoms with van der Waals surface area (Å²) in [7, 11) is 2.43. The van der Waals surface area contributed by atoms with Crippen LogP contribution in [0.5, 0.6) is 0 Å². The molecule has 130 valence electrons. The number of likely N-dealkylation sites (tertiary alicyclic amines) is 1. The maximum absolute atomic E-state index is 2.79.